The normalized spacial score (nSPS) is 18.5. The Morgan fingerprint density at radius 1 is 0.857 bits per heavy atom. The first-order valence-corrected chi connectivity index (χ1v) is 9.54. The molecule has 2 saturated heterocycles. The highest BCUT2D eigenvalue weighted by molar-refractivity contribution is 5.67. The molecule has 2 aliphatic heterocycles. The van der Waals surface area contributed by atoms with Gasteiger partial charge >= 0.3 is 0 Å². The minimum atomic E-state index is -0.399. The lowest BCUT2D eigenvalue weighted by atomic mass is 10.0. The summed E-state index contributed by atoms with van der Waals surface area (Å²) < 4.78 is 11.7. The van der Waals surface area contributed by atoms with E-state index >= 15 is 0 Å². The van der Waals surface area contributed by atoms with Crippen molar-refractivity contribution in [2.24, 2.45) is 0 Å². The third-order valence-electron chi connectivity index (χ3n) is 5.27. The third kappa shape index (κ3) is 3.34. The highest BCUT2D eigenvalue weighted by Gasteiger charge is 2.40. The van der Waals surface area contributed by atoms with Crippen molar-refractivity contribution in [3.05, 3.63) is 55.1 Å². The first-order chi connectivity index (χ1) is 13.8. The molecule has 2 aliphatic rings. The van der Waals surface area contributed by atoms with Crippen molar-refractivity contribution in [1.29, 1.82) is 0 Å². The van der Waals surface area contributed by atoms with Gasteiger partial charge in [-0.25, -0.2) is 9.97 Å². The molecule has 0 amide bonds. The molecule has 0 unspecified atom stereocenters. The van der Waals surface area contributed by atoms with E-state index in [0.29, 0.717) is 19.0 Å². The smallest absolute Gasteiger partial charge is 0.171 e. The van der Waals surface area contributed by atoms with Crippen LogP contribution in [0.4, 0.5) is 5.82 Å². The summed E-state index contributed by atoms with van der Waals surface area (Å²) in [6.07, 6.45) is 8.78. The Labute approximate surface area is 163 Å². The molecule has 3 aromatic heterocycles. The van der Waals surface area contributed by atoms with Gasteiger partial charge in [0.15, 0.2) is 11.6 Å². The predicted molar refractivity (Wildman–Crippen MR) is 105 cm³/mol. The Balaban J connectivity index is 1.50. The molecule has 0 radical (unpaired) electrons. The van der Waals surface area contributed by atoms with E-state index in [1.165, 1.54) is 0 Å². The number of hydrogen-bond acceptors (Lipinski definition) is 7. The van der Waals surface area contributed by atoms with Gasteiger partial charge in [0.2, 0.25) is 0 Å². The molecule has 0 bridgehead atoms. The Hall–Kier alpha value is -2.90. The summed E-state index contributed by atoms with van der Waals surface area (Å²) in [6.45, 7) is 3.04. The number of anilines is 1. The summed E-state index contributed by atoms with van der Waals surface area (Å²) in [4.78, 5) is 20.3. The van der Waals surface area contributed by atoms with E-state index in [-0.39, 0.29) is 0 Å². The molecule has 7 heteroatoms. The molecule has 5 rings (SSSR count). The van der Waals surface area contributed by atoms with Crippen LogP contribution in [-0.4, -0.2) is 52.0 Å². The molecular weight excluding hydrogens is 354 g/mol. The van der Waals surface area contributed by atoms with Crippen molar-refractivity contribution in [3.8, 4) is 22.6 Å². The average molecular weight is 375 g/mol. The topological polar surface area (TPSA) is 73.3 Å². The van der Waals surface area contributed by atoms with Gasteiger partial charge in [-0.2, -0.15) is 0 Å². The maximum Gasteiger partial charge on any atom is 0.171 e. The van der Waals surface area contributed by atoms with Crippen LogP contribution in [0.25, 0.3) is 22.6 Å². The molecule has 5 heterocycles. The van der Waals surface area contributed by atoms with Crippen LogP contribution < -0.4 is 4.90 Å². The number of ether oxygens (including phenoxy) is 2. The van der Waals surface area contributed by atoms with Crippen LogP contribution in [0, 0.1) is 0 Å². The maximum atomic E-state index is 5.85. The average Bonchev–Trinajstić information content (AvgIpc) is 3.23. The second-order valence-electron chi connectivity index (χ2n) is 7.01. The summed E-state index contributed by atoms with van der Waals surface area (Å²) in [5.41, 5.74) is 2.77. The lowest BCUT2D eigenvalue weighted by molar-refractivity contribution is -0.169. The quantitative estimate of drug-likeness (QED) is 0.697. The Morgan fingerprint density at radius 2 is 1.64 bits per heavy atom. The molecule has 2 fully saturated rings. The molecule has 142 valence electrons. The van der Waals surface area contributed by atoms with E-state index in [1.807, 2.05) is 36.5 Å². The summed E-state index contributed by atoms with van der Waals surface area (Å²) in [7, 11) is 0. The van der Waals surface area contributed by atoms with Crippen molar-refractivity contribution in [1.82, 2.24) is 19.9 Å². The van der Waals surface area contributed by atoms with Crippen LogP contribution in [0.2, 0.25) is 0 Å². The molecule has 0 N–H and O–H groups in total. The summed E-state index contributed by atoms with van der Waals surface area (Å²) in [5.74, 6) is 1.20. The van der Waals surface area contributed by atoms with Crippen LogP contribution in [-0.2, 0) is 9.47 Å². The highest BCUT2D eigenvalue weighted by atomic mass is 16.7. The number of rotatable bonds is 3. The van der Waals surface area contributed by atoms with Crippen LogP contribution >= 0.6 is 0 Å². The van der Waals surface area contributed by atoms with Crippen LogP contribution in [0.1, 0.15) is 12.8 Å². The zero-order valence-corrected chi connectivity index (χ0v) is 15.5. The summed E-state index contributed by atoms with van der Waals surface area (Å²) >= 11 is 0. The molecule has 0 aliphatic carbocycles. The van der Waals surface area contributed by atoms with Gasteiger partial charge in [-0.3, -0.25) is 9.97 Å². The fourth-order valence-electron chi connectivity index (χ4n) is 3.75. The number of nitrogens with zero attached hydrogens (tertiary/aromatic N) is 5. The molecule has 0 aromatic carbocycles. The second kappa shape index (κ2) is 7.26. The fraction of sp³-hybridized carbons (Fsp3) is 0.333. The SMILES string of the molecule is c1cncc(-c2cc(N3CCC4(CC3)OCCO4)nc(-c3ccncc3)n2)c1. The monoisotopic (exact) mass is 375 g/mol. The molecular formula is C21H21N5O2. The number of piperidine rings is 1. The van der Waals surface area contributed by atoms with E-state index < -0.39 is 5.79 Å². The third-order valence-corrected chi connectivity index (χ3v) is 5.27. The van der Waals surface area contributed by atoms with Gasteiger partial charge in [-0.15, -0.1) is 0 Å². The van der Waals surface area contributed by atoms with Crippen molar-refractivity contribution in [3.63, 3.8) is 0 Å². The van der Waals surface area contributed by atoms with E-state index in [9.17, 15) is 0 Å². The van der Waals surface area contributed by atoms with Crippen LogP contribution in [0.5, 0.6) is 0 Å². The maximum absolute atomic E-state index is 5.85. The Bertz CT molecular complexity index is 878. The molecule has 1 spiro atoms. The molecule has 0 atom stereocenters. The van der Waals surface area contributed by atoms with E-state index in [2.05, 4.69) is 14.9 Å². The standard InChI is InChI=1S/C21H21N5O2/c1-2-17(15-23-7-1)18-14-19(25-20(24-18)16-3-8-22-9-4-16)26-10-5-21(6-11-26)27-12-13-28-21/h1-4,7-9,14-15H,5-6,10-13H2. The van der Waals surface area contributed by atoms with Gasteiger partial charge in [0.25, 0.3) is 0 Å². The number of hydrogen-bond donors (Lipinski definition) is 0. The first-order valence-electron chi connectivity index (χ1n) is 9.54. The summed E-state index contributed by atoms with van der Waals surface area (Å²) in [6, 6.07) is 9.83. The number of aromatic nitrogens is 4. The van der Waals surface area contributed by atoms with Crippen LogP contribution in [0.3, 0.4) is 0 Å². The lowest BCUT2D eigenvalue weighted by Gasteiger charge is -2.38. The lowest BCUT2D eigenvalue weighted by Crippen LogP contribution is -2.45. The Morgan fingerprint density at radius 3 is 2.36 bits per heavy atom. The van der Waals surface area contributed by atoms with Crippen molar-refractivity contribution < 1.29 is 9.47 Å². The van der Waals surface area contributed by atoms with E-state index in [1.54, 1.807) is 18.6 Å². The van der Waals surface area contributed by atoms with Gasteiger partial charge in [-0.05, 0) is 24.3 Å². The van der Waals surface area contributed by atoms with Crippen molar-refractivity contribution >= 4 is 5.82 Å². The van der Waals surface area contributed by atoms with Gasteiger partial charge in [0, 0.05) is 67.9 Å². The molecule has 7 nitrogen and oxygen atoms in total. The Kier molecular flexibility index (Phi) is 4.46. The van der Waals surface area contributed by atoms with E-state index in [4.69, 9.17) is 19.4 Å². The zero-order chi connectivity index (χ0) is 18.8. The van der Waals surface area contributed by atoms with Crippen molar-refractivity contribution in [2.75, 3.05) is 31.2 Å². The predicted octanol–water partition coefficient (Wildman–Crippen LogP) is 2.94. The van der Waals surface area contributed by atoms with Gasteiger partial charge < -0.3 is 14.4 Å². The minimum absolute atomic E-state index is 0.399. The zero-order valence-electron chi connectivity index (χ0n) is 15.5. The van der Waals surface area contributed by atoms with Gasteiger partial charge in [0.05, 0.1) is 18.9 Å². The van der Waals surface area contributed by atoms with Crippen LogP contribution in [0.15, 0.2) is 55.1 Å². The van der Waals surface area contributed by atoms with E-state index in [0.717, 1.165) is 48.6 Å². The largest absolute Gasteiger partial charge is 0.356 e. The first kappa shape index (κ1) is 17.2. The molecule has 28 heavy (non-hydrogen) atoms. The molecule has 0 saturated carbocycles. The van der Waals surface area contributed by atoms with Gasteiger partial charge in [0.1, 0.15) is 5.82 Å². The van der Waals surface area contributed by atoms with Gasteiger partial charge in [-0.1, -0.05) is 0 Å². The second-order valence-corrected chi connectivity index (χ2v) is 7.01. The number of pyridine rings is 2. The minimum Gasteiger partial charge on any atom is -0.356 e. The summed E-state index contributed by atoms with van der Waals surface area (Å²) in [5, 5.41) is 0. The molecule has 3 aromatic rings. The van der Waals surface area contributed by atoms with Crippen molar-refractivity contribution in [2.45, 2.75) is 18.6 Å². The fourth-order valence-corrected chi connectivity index (χ4v) is 3.75. The highest BCUT2D eigenvalue weighted by Crippen LogP contribution is 2.34.